The fourth-order valence-corrected chi connectivity index (χ4v) is 3.72. The van der Waals surface area contributed by atoms with Gasteiger partial charge in [-0.2, -0.15) is 0 Å². The van der Waals surface area contributed by atoms with Crippen LogP contribution in [0.3, 0.4) is 0 Å². The molecule has 2 heterocycles. The minimum atomic E-state index is -0.451. The molecule has 0 fully saturated rings. The van der Waals surface area contributed by atoms with Gasteiger partial charge in [0.25, 0.3) is 0 Å². The van der Waals surface area contributed by atoms with Crippen molar-refractivity contribution in [1.82, 2.24) is 19.7 Å². The first-order chi connectivity index (χ1) is 13.3. The molecule has 0 radical (unpaired) electrons. The summed E-state index contributed by atoms with van der Waals surface area (Å²) in [5.41, 5.74) is 1.73. The zero-order valence-corrected chi connectivity index (χ0v) is 17.2. The highest BCUT2D eigenvalue weighted by Crippen LogP contribution is 2.32. The van der Waals surface area contributed by atoms with Gasteiger partial charge in [0.2, 0.25) is 5.91 Å². The minimum absolute atomic E-state index is 0.0394. The average molecular weight is 383 g/mol. The van der Waals surface area contributed by atoms with E-state index in [1.807, 2.05) is 56.9 Å². The van der Waals surface area contributed by atoms with Crippen LogP contribution in [0.2, 0.25) is 0 Å². The SMILES string of the molecule is CCNC(=O)N(CC(=O)N1CCn2cccc2C1c1ccccc1)C(C)(C)C. The number of rotatable bonds is 4. The number of benzene rings is 1. The van der Waals surface area contributed by atoms with Crippen molar-refractivity contribution in [3.8, 4) is 0 Å². The van der Waals surface area contributed by atoms with E-state index in [0.29, 0.717) is 13.1 Å². The largest absolute Gasteiger partial charge is 0.348 e. The number of nitrogens with one attached hydrogen (secondary N) is 1. The van der Waals surface area contributed by atoms with E-state index in [1.54, 1.807) is 4.90 Å². The second-order valence-electron chi connectivity index (χ2n) is 8.12. The minimum Gasteiger partial charge on any atom is -0.348 e. The van der Waals surface area contributed by atoms with E-state index in [4.69, 9.17) is 0 Å². The zero-order valence-electron chi connectivity index (χ0n) is 17.2. The number of urea groups is 1. The summed E-state index contributed by atoms with van der Waals surface area (Å²) >= 11 is 0. The number of carbonyl (C=O) groups is 2. The summed E-state index contributed by atoms with van der Waals surface area (Å²) < 4.78 is 2.20. The summed E-state index contributed by atoms with van der Waals surface area (Å²) in [6.45, 7) is 9.69. The third-order valence-electron chi connectivity index (χ3n) is 5.15. The maximum atomic E-state index is 13.4. The summed E-state index contributed by atoms with van der Waals surface area (Å²) in [6, 6.07) is 13.8. The maximum absolute atomic E-state index is 13.4. The van der Waals surface area contributed by atoms with Crippen molar-refractivity contribution in [1.29, 1.82) is 0 Å². The van der Waals surface area contributed by atoms with Crippen LogP contribution in [-0.2, 0) is 11.3 Å². The van der Waals surface area contributed by atoms with Crippen molar-refractivity contribution < 1.29 is 9.59 Å². The lowest BCUT2D eigenvalue weighted by molar-refractivity contribution is -0.135. The Kier molecular flexibility index (Phi) is 5.77. The zero-order chi connectivity index (χ0) is 20.3. The molecule has 1 atom stereocenters. The normalized spacial score (nSPS) is 16.4. The molecule has 150 valence electrons. The molecule has 2 aromatic rings. The van der Waals surface area contributed by atoms with Crippen molar-refractivity contribution in [2.24, 2.45) is 0 Å². The molecule has 6 heteroatoms. The summed E-state index contributed by atoms with van der Waals surface area (Å²) in [4.78, 5) is 29.5. The quantitative estimate of drug-likeness (QED) is 0.882. The van der Waals surface area contributed by atoms with Crippen LogP contribution in [0.4, 0.5) is 4.79 Å². The van der Waals surface area contributed by atoms with Gasteiger partial charge in [0.1, 0.15) is 6.54 Å². The Morgan fingerprint density at radius 1 is 1.11 bits per heavy atom. The molecule has 1 N–H and O–H groups in total. The monoisotopic (exact) mass is 382 g/mol. The Balaban J connectivity index is 1.90. The van der Waals surface area contributed by atoms with E-state index < -0.39 is 5.54 Å². The first-order valence-electron chi connectivity index (χ1n) is 9.88. The van der Waals surface area contributed by atoms with E-state index in [9.17, 15) is 9.59 Å². The summed E-state index contributed by atoms with van der Waals surface area (Å²) in [7, 11) is 0. The lowest BCUT2D eigenvalue weighted by Gasteiger charge is -2.41. The number of nitrogens with zero attached hydrogens (tertiary/aromatic N) is 3. The number of hydrogen-bond donors (Lipinski definition) is 1. The first-order valence-corrected chi connectivity index (χ1v) is 9.88. The molecule has 1 unspecified atom stereocenters. The number of aromatic nitrogens is 1. The van der Waals surface area contributed by atoms with E-state index in [0.717, 1.165) is 17.8 Å². The van der Waals surface area contributed by atoms with Crippen LogP contribution in [-0.4, -0.2) is 51.5 Å². The predicted molar refractivity (Wildman–Crippen MR) is 110 cm³/mol. The van der Waals surface area contributed by atoms with Gasteiger partial charge in [-0.1, -0.05) is 30.3 Å². The molecule has 0 bridgehead atoms. The van der Waals surface area contributed by atoms with Gasteiger partial charge in [0.05, 0.1) is 6.04 Å². The molecule has 3 rings (SSSR count). The number of amides is 3. The van der Waals surface area contributed by atoms with E-state index in [2.05, 4.69) is 34.3 Å². The third-order valence-corrected chi connectivity index (χ3v) is 5.15. The van der Waals surface area contributed by atoms with Gasteiger partial charge in [-0.15, -0.1) is 0 Å². The fraction of sp³-hybridized carbons (Fsp3) is 0.455. The molecule has 6 nitrogen and oxygen atoms in total. The van der Waals surface area contributed by atoms with E-state index in [1.165, 1.54) is 0 Å². The second kappa shape index (κ2) is 8.09. The maximum Gasteiger partial charge on any atom is 0.318 e. The van der Waals surface area contributed by atoms with E-state index >= 15 is 0 Å². The Hall–Kier alpha value is -2.76. The second-order valence-corrected chi connectivity index (χ2v) is 8.12. The summed E-state index contributed by atoms with van der Waals surface area (Å²) in [6.07, 6.45) is 2.06. The van der Waals surface area contributed by atoms with Gasteiger partial charge in [-0.25, -0.2) is 4.79 Å². The van der Waals surface area contributed by atoms with Gasteiger partial charge in [-0.3, -0.25) is 4.79 Å². The summed E-state index contributed by atoms with van der Waals surface area (Å²) in [5.74, 6) is -0.0394. The molecule has 0 spiro atoms. The van der Waals surface area contributed by atoms with Crippen LogP contribution >= 0.6 is 0 Å². The Morgan fingerprint density at radius 2 is 1.82 bits per heavy atom. The Labute approximate surface area is 167 Å². The molecule has 0 saturated heterocycles. The lowest BCUT2D eigenvalue weighted by atomic mass is 9.99. The smallest absolute Gasteiger partial charge is 0.318 e. The molecule has 0 aliphatic carbocycles. The van der Waals surface area contributed by atoms with Gasteiger partial charge >= 0.3 is 6.03 Å². The number of carbonyl (C=O) groups excluding carboxylic acids is 2. The topological polar surface area (TPSA) is 57.6 Å². The first kappa shape index (κ1) is 20.0. The highest BCUT2D eigenvalue weighted by Gasteiger charge is 2.35. The van der Waals surface area contributed by atoms with E-state index in [-0.39, 0.29) is 24.5 Å². The number of hydrogen-bond acceptors (Lipinski definition) is 2. The van der Waals surface area contributed by atoms with Crippen LogP contribution in [0.5, 0.6) is 0 Å². The lowest BCUT2D eigenvalue weighted by Crippen LogP contribution is -2.55. The Bertz CT molecular complexity index is 823. The molecule has 1 aliphatic heterocycles. The average Bonchev–Trinajstić information content (AvgIpc) is 3.13. The Morgan fingerprint density at radius 3 is 2.46 bits per heavy atom. The predicted octanol–water partition coefficient (Wildman–Crippen LogP) is 3.25. The van der Waals surface area contributed by atoms with Crippen LogP contribution in [0, 0.1) is 0 Å². The van der Waals surface area contributed by atoms with Crippen molar-refractivity contribution >= 4 is 11.9 Å². The molecule has 1 aliphatic rings. The van der Waals surface area contributed by atoms with Crippen LogP contribution < -0.4 is 5.32 Å². The molecule has 1 aromatic carbocycles. The summed E-state index contributed by atoms with van der Waals surface area (Å²) in [5, 5.41) is 2.83. The van der Waals surface area contributed by atoms with Crippen LogP contribution in [0.1, 0.15) is 45.0 Å². The molecular formula is C22H30N4O2. The number of fused-ring (bicyclic) bond motifs is 1. The van der Waals surface area contributed by atoms with Crippen molar-refractivity contribution in [3.63, 3.8) is 0 Å². The van der Waals surface area contributed by atoms with Crippen LogP contribution in [0.15, 0.2) is 48.7 Å². The highest BCUT2D eigenvalue weighted by atomic mass is 16.2. The highest BCUT2D eigenvalue weighted by molar-refractivity contribution is 5.85. The third kappa shape index (κ3) is 4.06. The standard InChI is InChI=1S/C22H30N4O2/c1-5-23-21(28)26(22(2,3)4)16-19(27)25-15-14-24-13-9-12-18(24)20(25)17-10-7-6-8-11-17/h6-13,20H,5,14-16H2,1-4H3,(H,23,28). The van der Waals surface area contributed by atoms with Crippen molar-refractivity contribution in [3.05, 3.63) is 59.9 Å². The van der Waals surface area contributed by atoms with Gasteiger partial charge < -0.3 is 19.7 Å². The van der Waals surface area contributed by atoms with Gasteiger partial charge in [0.15, 0.2) is 0 Å². The molecule has 1 aromatic heterocycles. The molecule has 0 saturated carbocycles. The van der Waals surface area contributed by atoms with Gasteiger partial charge in [-0.05, 0) is 45.4 Å². The fourth-order valence-electron chi connectivity index (χ4n) is 3.72. The molecule has 28 heavy (non-hydrogen) atoms. The van der Waals surface area contributed by atoms with Crippen molar-refractivity contribution in [2.75, 3.05) is 19.6 Å². The van der Waals surface area contributed by atoms with Crippen LogP contribution in [0.25, 0.3) is 0 Å². The van der Waals surface area contributed by atoms with Crippen molar-refractivity contribution in [2.45, 2.75) is 45.8 Å². The molecule has 3 amide bonds. The molecular weight excluding hydrogens is 352 g/mol. The van der Waals surface area contributed by atoms with Gasteiger partial charge in [0, 0.05) is 37.1 Å².